The Balaban J connectivity index is 1.97. The van der Waals surface area contributed by atoms with Crippen LogP contribution in [0.25, 0.3) is 0 Å². The van der Waals surface area contributed by atoms with Gasteiger partial charge in [0.1, 0.15) is 0 Å². The average Bonchev–Trinajstić information content (AvgIpc) is 2.53. The molecule has 1 heterocycles. The predicted octanol–water partition coefficient (Wildman–Crippen LogP) is 2.58. The van der Waals surface area contributed by atoms with Gasteiger partial charge in [-0.05, 0) is 49.9 Å². The molecule has 0 saturated carbocycles. The fourth-order valence-electron chi connectivity index (χ4n) is 3.14. The van der Waals surface area contributed by atoms with Gasteiger partial charge in [-0.25, -0.2) is 0 Å². The van der Waals surface area contributed by atoms with E-state index in [0.717, 1.165) is 43.7 Å². The molecule has 1 aliphatic rings. The number of hydrogen-bond acceptors (Lipinski definition) is 4. The first-order valence-electron chi connectivity index (χ1n) is 7.80. The van der Waals surface area contributed by atoms with Gasteiger partial charge in [0.15, 0.2) is 11.5 Å². The first-order chi connectivity index (χ1) is 10.6. The van der Waals surface area contributed by atoms with Gasteiger partial charge in [-0.1, -0.05) is 12.5 Å². The van der Waals surface area contributed by atoms with E-state index in [-0.39, 0.29) is 6.54 Å². The van der Waals surface area contributed by atoms with E-state index in [1.54, 1.807) is 14.2 Å². The summed E-state index contributed by atoms with van der Waals surface area (Å²) in [7, 11) is 3.26. The van der Waals surface area contributed by atoms with Crippen molar-refractivity contribution in [1.82, 2.24) is 4.90 Å². The van der Waals surface area contributed by atoms with Crippen molar-refractivity contribution in [3.63, 3.8) is 0 Å². The van der Waals surface area contributed by atoms with Gasteiger partial charge in [0.25, 0.3) is 0 Å². The maximum absolute atomic E-state index is 11.0. The maximum Gasteiger partial charge on any atom is 0.317 e. The topological polar surface area (TPSA) is 59.0 Å². The zero-order valence-electron chi connectivity index (χ0n) is 13.4. The van der Waals surface area contributed by atoms with Crippen molar-refractivity contribution in [3.8, 4) is 11.5 Å². The van der Waals surface area contributed by atoms with Crippen molar-refractivity contribution in [2.24, 2.45) is 0 Å². The molecule has 1 aromatic rings. The Morgan fingerprint density at radius 2 is 2.05 bits per heavy atom. The van der Waals surface area contributed by atoms with Crippen LogP contribution in [-0.2, 0) is 11.2 Å². The summed E-state index contributed by atoms with van der Waals surface area (Å²) in [4.78, 5) is 13.1. The number of rotatable bonds is 7. The smallest absolute Gasteiger partial charge is 0.317 e. The van der Waals surface area contributed by atoms with Crippen molar-refractivity contribution >= 4 is 5.97 Å². The summed E-state index contributed by atoms with van der Waals surface area (Å²) < 4.78 is 10.6. The van der Waals surface area contributed by atoms with Crippen LogP contribution in [0.2, 0.25) is 0 Å². The van der Waals surface area contributed by atoms with Crippen LogP contribution in [0.4, 0.5) is 0 Å². The van der Waals surface area contributed by atoms with Gasteiger partial charge in [0, 0.05) is 6.04 Å². The Morgan fingerprint density at radius 3 is 2.73 bits per heavy atom. The summed E-state index contributed by atoms with van der Waals surface area (Å²) in [6.07, 6.45) is 5.26. The Morgan fingerprint density at radius 1 is 1.27 bits per heavy atom. The lowest BCUT2D eigenvalue weighted by molar-refractivity contribution is -0.139. The van der Waals surface area contributed by atoms with E-state index < -0.39 is 5.97 Å². The molecular weight excluding hydrogens is 282 g/mol. The molecule has 1 aliphatic heterocycles. The Kier molecular flexibility index (Phi) is 6.07. The number of carboxylic acid groups (broad SMARTS) is 1. The minimum Gasteiger partial charge on any atom is -0.493 e. The Bertz CT molecular complexity index is 503. The lowest BCUT2D eigenvalue weighted by atomic mass is 9.95. The number of piperidine rings is 1. The van der Waals surface area contributed by atoms with Gasteiger partial charge in [-0.2, -0.15) is 0 Å². The van der Waals surface area contributed by atoms with E-state index in [4.69, 9.17) is 14.6 Å². The van der Waals surface area contributed by atoms with E-state index in [2.05, 4.69) is 4.90 Å². The largest absolute Gasteiger partial charge is 0.493 e. The van der Waals surface area contributed by atoms with Crippen LogP contribution in [0, 0.1) is 0 Å². The number of carboxylic acids is 1. The zero-order valence-corrected chi connectivity index (χ0v) is 13.4. The van der Waals surface area contributed by atoms with Gasteiger partial charge in [0.2, 0.25) is 0 Å². The molecule has 1 N–H and O–H groups in total. The standard InChI is InChI=1S/C17H25NO4/c1-21-15-9-7-13(11-16(15)22-2)6-8-14-5-3-4-10-18(14)12-17(19)20/h7,9,11,14H,3-6,8,10,12H2,1-2H3,(H,19,20). The number of aliphatic carboxylic acids is 1. The minimum absolute atomic E-state index is 0.149. The number of likely N-dealkylation sites (tertiary alicyclic amines) is 1. The summed E-state index contributed by atoms with van der Waals surface area (Å²) in [6.45, 7) is 1.04. The van der Waals surface area contributed by atoms with E-state index in [1.807, 2.05) is 18.2 Å². The van der Waals surface area contributed by atoms with Crippen molar-refractivity contribution in [2.45, 2.75) is 38.1 Å². The van der Waals surface area contributed by atoms with Crippen molar-refractivity contribution in [1.29, 1.82) is 0 Å². The first kappa shape index (κ1) is 16.6. The maximum atomic E-state index is 11.0. The fraction of sp³-hybridized carbons (Fsp3) is 0.588. The summed E-state index contributed by atoms with van der Waals surface area (Å²) in [5.41, 5.74) is 1.19. The molecule has 2 rings (SSSR count). The molecule has 0 radical (unpaired) electrons. The summed E-state index contributed by atoms with van der Waals surface area (Å²) in [5, 5.41) is 9.02. The van der Waals surface area contributed by atoms with Gasteiger partial charge < -0.3 is 14.6 Å². The highest BCUT2D eigenvalue weighted by atomic mass is 16.5. The molecule has 5 heteroatoms. The lowest BCUT2D eigenvalue weighted by Gasteiger charge is -2.34. The molecule has 0 aliphatic carbocycles. The van der Waals surface area contributed by atoms with E-state index in [0.29, 0.717) is 6.04 Å². The zero-order chi connectivity index (χ0) is 15.9. The lowest BCUT2D eigenvalue weighted by Crippen LogP contribution is -2.42. The van der Waals surface area contributed by atoms with Crippen LogP contribution in [0.1, 0.15) is 31.2 Å². The molecule has 5 nitrogen and oxygen atoms in total. The third-order valence-corrected chi connectivity index (χ3v) is 4.30. The second-order valence-corrected chi connectivity index (χ2v) is 5.74. The molecule has 0 bridgehead atoms. The van der Waals surface area contributed by atoms with Crippen molar-refractivity contribution in [3.05, 3.63) is 23.8 Å². The van der Waals surface area contributed by atoms with Gasteiger partial charge >= 0.3 is 5.97 Å². The van der Waals surface area contributed by atoms with E-state index in [9.17, 15) is 4.79 Å². The average molecular weight is 307 g/mol. The molecular formula is C17H25NO4. The second kappa shape index (κ2) is 8.03. The number of ether oxygens (including phenoxy) is 2. The van der Waals surface area contributed by atoms with E-state index >= 15 is 0 Å². The molecule has 1 unspecified atom stereocenters. The van der Waals surface area contributed by atoms with Gasteiger partial charge in [-0.15, -0.1) is 0 Å². The molecule has 22 heavy (non-hydrogen) atoms. The summed E-state index contributed by atoms with van der Waals surface area (Å²) in [6, 6.07) is 6.33. The van der Waals surface area contributed by atoms with Gasteiger partial charge in [-0.3, -0.25) is 9.69 Å². The predicted molar refractivity (Wildman–Crippen MR) is 84.7 cm³/mol. The highest BCUT2D eigenvalue weighted by Crippen LogP contribution is 2.29. The summed E-state index contributed by atoms with van der Waals surface area (Å²) >= 11 is 0. The van der Waals surface area contributed by atoms with Crippen LogP contribution >= 0.6 is 0 Å². The minimum atomic E-state index is -0.738. The number of carbonyl (C=O) groups is 1. The summed E-state index contributed by atoms with van der Waals surface area (Å²) in [5.74, 6) is 0.737. The molecule has 0 amide bonds. The number of aryl methyl sites for hydroxylation is 1. The number of benzene rings is 1. The molecule has 0 spiro atoms. The van der Waals surface area contributed by atoms with Gasteiger partial charge in [0.05, 0.1) is 20.8 Å². The fourth-order valence-corrected chi connectivity index (χ4v) is 3.14. The Labute approximate surface area is 131 Å². The normalized spacial score (nSPS) is 18.9. The quantitative estimate of drug-likeness (QED) is 0.839. The van der Waals surface area contributed by atoms with Crippen LogP contribution in [0.15, 0.2) is 18.2 Å². The third kappa shape index (κ3) is 4.37. The SMILES string of the molecule is COc1ccc(CCC2CCCCN2CC(=O)O)cc1OC. The molecule has 122 valence electrons. The molecule has 1 fully saturated rings. The molecule has 1 atom stereocenters. The monoisotopic (exact) mass is 307 g/mol. The van der Waals surface area contributed by atoms with Crippen molar-refractivity contribution < 1.29 is 19.4 Å². The first-order valence-corrected chi connectivity index (χ1v) is 7.80. The number of methoxy groups -OCH3 is 2. The van der Waals surface area contributed by atoms with Crippen LogP contribution in [-0.4, -0.2) is 49.3 Å². The number of nitrogens with zero attached hydrogens (tertiary/aromatic N) is 1. The Hall–Kier alpha value is -1.75. The number of hydrogen-bond donors (Lipinski definition) is 1. The van der Waals surface area contributed by atoms with Crippen LogP contribution in [0.3, 0.4) is 0 Å². The van der Waals surface area contributed by atoms with Crippen LogP contribution in [0.5, 0.6) is 11.5 Å². The highest BCUT2D eigenvalue weighted by Gasteiger charge is 2.23. The molecule has 1 aromatic carbocycles. The van der Waals surface area contributed by atoms with E-state index in [1.165, 1.54) is 12.0 Å². The third-order valence-electron chi connectivity index (χ3n) is 4.30. The molecule has 1 saturated heterocycles. The molecule has 0 aromatic heterocycles. The second-order valence-electron chi connectivity index (χ2n) is 5.74. The van der Waals surface area contributed by atoms with Crippen LogP contribution < -0.4 is 9.47 Å². The van der Waals surface area contributed by atoms with Crippen molar-refractivity contribution in [2.75, 3.05) is 27.3 Å². The highest BCUT2D eigenvalue weighted by molar-refractivity contribution is 5.69.